The summed E-state index contributed by atoms with van der Waals surface area (Å²) in [6.07, 6.45) is 0. The van der Waals surface area contributed by atoms with Crippen molar-refractivity contribution in [1.29, 1.82) is 0 Å². The van der Waals surface area contributed by atoms with E-state index in [9.17, 15) is 0 Å². The molecule has 0 saturated heterocycles. The van der Waals surface area contributed by atoms with Gasteiger partial charge in [-0.25, -0.2) is 0 Å². The zero-order chi connectivity index (χ0) is 5.98. The van der Waals surface area contributed by atoms with E-state index in [1.807, 2.05) is 7.05 Å². The van der Waals surface area contributed by atoms with E-state index in [2.05, 4.69) is 23.0 Å². The van der Waals surface area contributed by atoms with Crippen LogP contribution >= 0.6 is 11.8 Å². The average Bonchev–Trinajstić information content (AvgIpc) is 2.14. The standard InChI is InChI=1S/C5H10N2S/c1-4-3-8-5(6-2)7-4/h3,5-7H,1-2H3. The molecule has 0 aromatic rings. The summed E-state index contributed by atoms with van der Waals surface area (Å²) in [5.41, 5.74) is 1.64. The summed E-state index contributed by atoms with van der Waals surface area (Å²) in [7, 11) is 1.94. The number of hydrogen-bond acceptors (Lipinski definition) is 3. The SMILES string of the molecule is CNC1NC(C)=CS1. The average molecular weight is 130 g/mol. The van der Waals surface area contributed by atoms with Gasteiger partial charge < -0.3 is 5.32 Å². The molecule has 0 fully saturated rings. The Morgan fingerprint density at radius 3 is 2.88 bits per heavy atom. The van der Waals surface area contributed by atoms with E-state index in [0.717, 1.165) is 0 Å². The van der Waals surface area contributed by atoms with Crippen LogP contribution in [-0.4, -0.2) is 12.5 Å². The molecule has 1 heterocycles. The highest BCUT2D eigenvalue weighted by atomic mass is 32.2. The van der Waals surface area contributed by atoms with Gasteiger partial charge in [0, 0.05) is 5.70 Å². The topological polar surface area (TPSA) is 24.1 Å². The van der Waals surface area contributed by atoms with Gasteiger partial charge in [-0.2, -0.15) is 0 Å². The number of allylic oxidation sites excluding steroid dienone is 1. The molecule has 2 N–H and O–H groups in total. The van der Waals surface area contributed by atoms with Gasteiger partial charge in [0.2, 0.25) is 0 Å². The van der Waals surface area contributed by atoms with Gasteiger partial charge >= 0.3 is 0 Å². The Bertz CT molecular complexity index is 111. The van der Waals surface area contributed by atoms with Crippen LogP contribution in [0.4, 0.5) is 0 Å². The predicted molar refractivity (Wildman–Crippen MR) is 37.3 cm³/mol. The fourth-order valence-corrected chi connectivity index (χ4v) is 1.38. The lowest BCUT2D eigenvalue weighted by molar-refractivity contribution is 0.669. The zero-order valence-electron chi connectivity index (χ0n) is 5.06. The molecule has 46 valence electrons. The van der Waals surface area contributed by atoms with Crippen molar-refractivity contribution < 1.29 is 0 Å². The van der Waals surface area contributed by atoms with Crippen molar-refractivity contribution in [3.05, 3.63) is 11.1 Å². The molecule has 1 aliphatic rings. The first-order chi connectivity index (χ1) is 3.83. The van der Waals surface area contributed by atoms with E-state index in [4.69, 9.17) is 0 Å². The number of thioether (sulfide) groups is 1. The normalized spacial score (nSPS) is 27.2. The second-order valence-electron chi connectivity index (χ2n) is 1.75. The van der Waals surface area contributed by atoms with E-state index in [1.165, 1.54) is 5.70 Å². The third kappa shape index (κ3) is 1.17. The third-order valence-electron chi connectivity index (χ3n) is 1.00. The van der Waals surface area contributed by atoms with Crippen LogP contribution in [0.1, 0.15) is 6.92 Å². The second kappa shape index (κ2) is 2.42. The maximum Gasteiger partial charge on any atom is 0.129 e. The fraction of sp³-hybridized carbons (Fsp3) is 0.600. The molecule has 0 aromatic carbocycles. The van der Waals surface area contributed by atoms with Crippen molar-refractivity contribution in [3.63, 3.8) is 0 Å². The highest BCUT2D eigenvalue weighted by Crippen LogP contribution is 2.16. The molecule has 0 amide bonds. The molecule has 2 nitrogen and oxygen atoms in total. The summed E-state index contributed by atoms with van der Waals surface area (Å²) in [6.45, 7) is 2.06. The molecule has 0 saturated carbocycles. The van der Waals surface area contributed by atoms with Gasteiger partial charge in [-0.15, -0.1) is 0 Å². The van der Waals surface area contributed by atoms with Crippen LogP contribution in [0.3, 0.4) is 0 Å². The minimum Gasteiger partial charge on any atom is -0.364 e. The first-order valence-corrected chi connectivity index (χ1v) is 3.53. The Morgan fingerprint density at radius 1 is 1.88 bits per heavy atom. The highest BCUT2D eigenvalue weighted by molar-refractivity contribution is 8.02. The van der Waals surface area contributed by atoms with Crippen LogP contribution in [0.15, 0.2) is 11.1 Å². The van der Waals surface area contributed by atoms with Gasteiger partial charge in [0.25, 0.3) is 0 Å². The first-order valence-electron chi connectivity index (χ1n) is 2.59. The van der Waals surface area contributed by atoms with Crippen LogP contribution in [0.5, 0.6) is 0 Å². The summed E-state index contributed by atoms with van der Waals surface area (Å²) in [4.78, 5) is 0. The Morgan fingerprint density at radius 2 is 2.62 bits per heavy atom. The summed E-state index contributed by atoms with van der Waals surface area (Å²) in [6, 6.07) is 0. The number of rotatable bonds is 1. The lowest BCUT2D eigenvalue weighted by atomic mass is 10.6. The van der Waals surface area contributed by atoms with Gasteiger partial charge in [-0.05, 0) is 19.4 Å². The molecule has 8 heavy (non-hydrogen) atoms. The van der Waals surface area contributed by atoms with Crippen molar-refractivity contribution in [2.45, 2.75) is 12.4 Å². The van der Waals surface area contributed by atoms with Crippen molar-refractivity contribution in [3.8, 4) is 0 Å². The molecule has 1 rings (SSSR count). The summed E-state index contributed by atoms with van der Waals surface area (Å²) >= 11 is 1.77. The van der Waals surface area contributed by atoms with E-state index in [1.54, 1.807) is 11.8 Å². The number of hydrogen-bond donors (Lipinski definition) is 2. The molecule has 0 aliphatic carbocycles. The lowest BCUT2D eigenvalue weighted by Gasteiger charge is -2.07. The quantitative estimate of drug-likeness (QED) is 0.546. The highest BCUT2D eigenvalue weighted by Gasteiger charge is 2.08. The Hall–Kier alpha value is -0.150. The molecule has 1 atom stereocenters. The van der Waals surface area contributed by atoms with E-state index < -0.39 is 0 Å². The van der Waals surface area contributed by atoms with Crippen LogP contribution in [0.25, 0.3) is 0 Å². The van der Waals surface area contributed by atoms with E-state index in [0.29, 0.717) is 5.50 Å². The van der Waals surface area contributed by atoms with Crippen LogP contribution in [-0.2, 0) is 0 Å². The van der Waals surface area contributed by atoms with Crippen molar-refractivity contribution in [2.24, 2.45) is 0 Å². The maximum absolute atomic E-state index is 3.22. The molecular weight excluding hydrogens is 120 g/mol. The van der Waals surface area contributed by atoms with Crippen LogP contribution in [0, 0.1) is 0 Å². The molecule has 0 radical (unpaired) electrons. The molecule has 1 aliphatic heterocycles. The van der Waals surface area contributed by atoms with Gasteiger partial charge in [-0.3, -0.25) is 5.32 Å². The van der Waals surface area contributed by atoms with E-state index >= 15 is 0 Å². The van der Waals surface area contributed by atoms with Crippen molar-refractivity contribution in [1.82, 2.24) is 10.6 Å². The largest absolute Gasteiger partial charge is 0.364 e. The van der Waals surface area contributed by atoms with Crippen LogP contribution < -0.4 is 10.6 Å². The second-order valence-corrected chi connectivity index (χ2v) is 2.73. The molecule has 3 heteroatoms. The summed E-state index contributed by atoms with van der Waals surface area (Å²) in [5, 5.41) is 8.42. The summed E-state index contributed by atoms with van der Waals surface area (Å²) < 4.78 is 0. The third-order valence-corrected chi connectivity index (χ3v) is 2.12. The van der Waals surface area contributed by atoms with E-state index in [-0.39, 0.29) is 0 Å². The van der Waals surface area contributed by atoms with Crippen LogP contribution in [0.2, 0.25) is 0 Å². The van der Waals surface area contributed by atoms with Crippen molar-refractivity contribution in [2.75, 3.05) is 7.05 Å². The van der Waals surface area contributed by atoms with Gasteiger partial charge in [0.05, 0.1) is 0 Å². The molecule has 0 bridgehead atoms. The Balaban J connectivity index is 2.32. The lowest BCUT2D eigenvalue weighted by Crippen LogP contribution is -2.32. The fourth-order valence-electron chi connectivity index (χ4n) is 0.585. The van der Waals surface area contributed by atoms with Crippen molar-refractivity contribution >= 4 is 11.8 Å². The predicted octanol–water partition coefficient (Wildman–Crippen LogP) is 0.687. The van der Waals surface area contributed by atoms with Gasteiger partial charge in [-0.1, -0.05) is 11.8 Å². The molecule has 0 spiro atoms. The molecule has 0 aromatic heterocycles. The Labute approximate surface area is 53.7 Å². The minimum atomic E-state index is 0.398. The smallest absolute Gasteiger partial charge is 0.129 e. The maximum atomic E-state index is 3.22. The Kier molecular flexibility index (Phi) is 1.81. The van der Waals surface area contributed by atoms with Gasteiger partial charge in [0.15, 0.2) is 0 Å². The number of nitrogens with one attached hydrogen (secondary N) is 2. The molecular formula is C5H10N2S. The molecule has 1 unspecified atom stereocenters. The van der Waals surface area contributed by atoms with Gasteiger partial charge in [0.1, 0.15) is 5.50 Å². The summed E-state index contributed by atoms with van der Waals surface area (Å²) in [5.74, 6) is 0. The first kappa shape index (κ1) is 5.98. The zero-order valence-corrected chi connectivity index (χ0v) is 5.88. The monoisotopic (exact) mass is 130 g/mol. The minimum absolute atomic E-state index is 0.398.